The first-order valence-electron chi connectivity index (χ1n) is 9.32. The predicted octanol–water partition coefficient (Wildman–Crippen LogP) is 4.70. The van der Waals surface area contributed by atoms with Gasteiger partial charge in [0.2, 0.25) is 5.43 Å². The van der Waals surface area contributed by atoms with Crippen LogP contribution >= 0.6 is 0 Å². The highest BCUT2D eigenvalue weighted by Gasteiger charge is 2.20. The molecule has 0 N–H and O–H groups in total. The molecular weight excluding hydrogens is 340 g/mol. The fraction of sp³-hybridized carbons (Fsp3) is 0.348. The number of carbonyl (C=O) groups is 2. The third kappa shape index (κ3) is 4.16. The first-order valence-corrected chi connectivity index (χ1v) is 9.32. The number of ketones is 2. The summed E-state index contributed by atoms with van der Waals surface area (Å²) >= 11 is 0. The average molecular weight is 364 g/mol. The van der Waals surface area contributed by atoms with Gasteiger partial charge in [-0.05, 0) is 62.9 Å². The topological polar surface area (TPSA) is 64.3 Å². The van der Waals surface area contributed by atoms with Gasteiger partial charge < -0.3 is 4.42 Å². The Bertz CT molecular complexity index is 1060. The minimum atomic E-state index is -0.146. The number of para-hydroxylation sites is 1. The number of aryl methyl sites for hydroxylation is 1. The number of carbonyl (C=O) groups excluding carboxylic acids is 2. The van der Waals surface area contributed by atoms with E-state index in [1.165, 1.54) is 0 Å². The maximum Gasteiger partial charge on any atom is 0.200 e. The molecule has 0 saturated carbocycles. The van der Waals surface area contributed by atoms with Crippen molar-refractivity contribution in [3.63, 3.8) is 0 Å². The molecule has 0 amide bonds. The van der Waals surface area contributed by atoms with Crippen LogP contribution in [0.2, 0.25) is 0 Å². The van der Waals surface area contributed by atoms with Crippen LogP contribution in [-0.4, -0.2) is 11.6 Å². The third-order valence-corrected chi connectivity index (χ3v) is 5.33. The Morgan fingerprint density at radius 3 is 2.37 bits per heavy atom. The molecule has 1 aromatic heterocycles. The maximum absolute atomic E-state index is 12.8. The fourth-order valence-electron chi connectivity index (χ4n) is 3.43. The molecule has 0 aliphatic carbocycles. The number of hydrogen-bond acceptors (Lipinski definition) is 4. The van der Waals surface area contributed by atoms with Crippen LogP contribution in [0.5, 0.6) is 0 Å². The van der Waals surface area contributed by atoms with E-state index in [0.717, 1.165) is 5.56 Å². The van der Waals surface area contributed by atoms with Gasteiger partial charge in [0, 0.05) is 11.8 Å². The molecule has 3 aromatic rings. The van der Waals surface area contributed by atoms with E-state index >= 15 is 0 Å². The van der Waals surface area contributed by atoms with Gasteiger partial charge in [0.05, 0.1) is 10.8 Å². The van der Waals surface area contributed by atoms with Crippen molar-refractivity contribution < 1.29 is 14.0 Å². The highest BCUT2D eigenvalue weighted by molar-refractivity contribution is 5.89. The van der Waals surface area contributed by atoms with Crippen molar-refractivity contribution in [2.45, 2.75) is 40.0 Å². The van der Waals surface area contributed by atoms with E-state index in [1.807, 2.05) is 37.3 Å². The Kier molecular flexibility index (Phi) is 5.54. The van der Waals surface area contributed by atoms with Crippen molar-refractivity contribution in [3.8, 4) is 0 Å². The lowest BCUT2D eigenvalue weighted by Crippen LogP contribution is -2.19. The van der Waals surface area contributed by atoms with Crippen LogP contribution < -0.4 is 5.43 Å². The molecule has 27 heavy (non-hydrogen) atoms. The molecule has 0 fully saturated rings. The van der Waals surface area contributed by atoms with E-state index in [4.69, 9.17) is 4.42 Å². The van der Waals surface area contributed by atoms with Crippen LogP contribution in [0.15, 0.2) is 51.7 Å². The summed E-state index contributed by atoms with van der Waals surface area (Å²) in [5.74, 6) is -0.0487. The molecule has 4 nitrogen and oxygen atoms in total. The van der Waals surface area contributed by atoms with E-state index in [0.29, 0.717) is 41.2 Å². The number of hydrogen-bond donors (Lipinski definition) is 0. The summed E-state index contributed by atoms with van der Waals surface area (Å²) in [7, 11) is 0. The Morgan fingerprint density at radius 2 is 1.67 bits per heavy atom. The maximum atomic E-state index is 12.8. The molecule has 1 heterocycles. The van der Waals surface area contributed by atoms with Gasteiger partial charge in [-0.3, -0.25) is 14.4 Å². The Morgan fingerprint density at radius 1 is 0.963 bits per heavy atom. The van der Waals surface area contributed by atoms with E-state index in [2.05, 4.69) is 0 Å². The number of fused-ring (bicyclic) bond motifs is 2. The summed E-state index contributed by atoms with van der Waals surface area (Å²) in [5, 5.41) is 1.13. The Hall–Kier alpha value is -2.75. The zero-order chi connectivity index (χ0) is 19.6. The van der Waals surface area contributed by atoms with E-state index < -0.39 is 0 Å². The summed E-state index contributed by atoms with van der Waals surface area (Å²) in [6.07, 6.45) is 1.92. The molecule has 140 valence electrons. The average Bonchev–Trinajstić information content (AvgIpc) is 2.65. The molecule has 4 heteroatoms. The molecular formula is C23H24O4. The van der Waals surface area contributed by atoms with Gasteiger partial charge in [-0.1, -0.05) is 25.1 Å². The zero-order valence-corrected chi connectivity index (χ0v) is 16.0. The van der Waals surface area contributed by atoms with Gasteiger partial charge in [-0.2, -0.15) is 0 Å². The second-order valence-corrected chi connectivity index (χ2v) is 7.35. The van der Waals surface area contributed by atoms with Crippen LogP contribution in [0.3, 0.4) is 0 Å². The lowest BCUT2D eigenvalue weighted by atomic mass is 9.86. The Balaban J connectivity index is 1.85. The van der Waals surface area contributed by atoms with Crippen LogP contribution in [0.1, 0.15) is 39.2 Å². The van der Waals surface area contributed by atoms with E-state index in [-0.39, 0.29) is 28.8 Å². The smallest absolute Gasteiger partial charge is 0.200 e. The van der Waals surface area contributed by atoms with Gasteiger partial charge in [0.1, 0.15) is 22.7 Å². The molecule has 0 radical (unpaired) electrons. The van der Waals surface area contributed by atoms with Gasteiger partial charge in [-0.25, -0.2) is 0 Å². The third-order valence-electron chi connectivity index (χ3n) is 5.33. The highest BCUT2D eigenvalue weighted by atomic mass is 16.3. The molecule has 3 rings (SSSR count). The summed E-state index contributed by atoms with van der Waals surface area (Å²) in [4.78, 5) is 36.2. The molecule has 0 saturated heterocycles. The van der Waals surface area contributed by atoms with Crippen molar-refractivity contribution in [2.75, 3.05) is 0 Å². The minimum Gasteiger partial charge on any atom is -0.456 e. The first kappa shape index (κ1) is 19.0. The summed E-state index contributed by atoms with van der Waals surface area (Å²) in [6, 6.07) is 12.8. The second-order valence-electron chi connectivity index (χ2n) is 7.35. The minimum absolute atomic E-state index is 0.0398. The molecule has 0 bridgehead atoms. The van der Waals surface area contributed by atoms with Crippen LogP contribution in [-0.2, 0) is 16.0 Å². The second kappa shape index (κ2) is 7.87. The van der Waals surface area contributed by atoms with Crippen molar-refractivity contribution in [3.05, 3.63) is 58.3 Å². The van der Waals surface area contributed by atoms with Crippen molar-refractivity contribution >= 4 is 33.5 Å². The number of Topliss-reactive ketones (excluding diaryl/α,β-unsaturated/α-hetero) is 2. The monoisotopic (exact) mass is 364 g/mol. The number of benzene rings is 2. The van der Waals surface area contributed by atoms with Crippen LogP contribution in [0, 0.1) is 11.8 Å². The quantitative estimate of drug-likeness (QED) is 0.570. The van der Waals surface area contributed by atoms with E-state index in [1.54, 1.807) is 26.0 Å². The van der Waals surface area contributed by atoms with E-state index in [9.17, 15) is 14.4 Å². The van der Waals surface area contributed by atoms with Crippen molar-refractivity contribution in [1.29, 1.82) is 0 Å². The largest absolute Gasteiger partial charge is 0.456 e. The first-order chi connectivity index (χ1) is 12.9. The Labute approximate surface area is 158 Å². The van der Waals surface area contributed by atoms with Crippen molar-refractivity contribution in [2.24, 2.45) is 11.8 Å². The fourth-order valence-corrected chi connectivity index (χ4v) is 3.43. The summed E-state index contributed by atoms with van der Waals surface area (Å²) in [6.45, 7) is 5.01. The lowest BCUT2D eigenvalue weighted by Gasteiger charge is -2.17. The standard InChI is InChI=1S/C23H24O4/c1-14(15(2)24)12-18(16(3)25)10-8-17-9-11-22-20(13-17)23(26)19-6-4-5-7-21(19)27-22/h4-7,9,11,13-14,18H,8,10,12H2,1-3H3. The zero-order valence-electron chi connectivity index (χ0n) is 16.0. The van der Waals surface area contributed by atoms with Gasteiger partial charge in [0.25, 0.3) is 0 Å². The lowest BCUT2D eigenvalue weighted by molar-refractivity contribution is -0.123. The van der Waals surface area contributed by atoms with Gasteiger partial charge >= 0.3 is 0 Å². The normalized spacial score (nSPS) is 13.6. The highest BCUT2D eigenvalue weighted by Crippen LogP contribution is 2.23. The SMILES string of the molecule is CC(=O)C(C)CC(CCc1ccc2oc3ccccc3c(=O)c2c1)C(C)=O. The molecule has 0 spiro atoms. The van der Waals surface area contributed by atoms with Gasteiger partial charge in [-0.15, -0.1) is 0 Å². The number of rotatable bonds is 7. The van der Waals surface area contributed by atoms with Crippen molar-refractivity contribution in [1.82, 2.24) is 0 Å². The molecule has 2 unspecified atom stereocenters. The molecule has 0 aliphatic heterocycles. The molecule has 2 aromatic carbocycles. The summed E-state index contributed by atoms with van der Waals surface area (Å²) < 4.78 is 5.83. The van der Waals surface area contributed by atoms with Gasteiger partial charge in [0.15, 0.2) is 0 Å². The van der Waals surface area contributed by atoms with Crippen LogP contribution in [0.4, 0.5) is 0 Å². The molecule has 0 aliphatic rings. The predicted molar refractivity (Wildman–Crippen MR) is 107 cm³/mol. The summed E-state index contributed by atoms with van der Waals surface area (Å²) in [5.41, 5.74) is 2.10. The molecule has 2 atom stereocenters. The van der Waals surface area contributed by atoms with Crippen LogP contribution in [0.25, 0.3) is 21.9 Å².